The molecule has 0 aliphatic heterocycles. The lowest BCUT2D eigenvalue weighted by atomic mass is 10.1. The van der Waals surface area contributed by atoms with Crippen molar-refractivity contribution < 1.29 is 9.18 Å². The van der Waals surface area contributed by atoms with Crippen molar-refractivity contribution in [1.29, 1.82) is 0 Å². The first-order valence-corrected chi connectivity index (χ1v) is 5.42. The van der Waals surface area contributed by atoms with E-state index in [1.165, 1.54) is 18.5 Å². The maximum absolute atomic E-state index is 13.3. The summed E-state index contributed by atoms with van der Waals surface area (Å²) in [6.07, 6.45) is 2.94. The number of amides is 1. The smallest absolute Gasteiger partial charge is 0.257 e. The third-order valence-corrected chi connectivity index (χ3v) is 2.70. The molecule has 1 aromatic carbocycles. The summed E-state index contributed by atoms with van der Waals surface area (Å²) in [4.78, 5) is 11.8. The number of halogens is 2. The number of carbonyl (C=O) groups is 1. The van der Waals surface area contributed by atoms with Crippen LogP contribution < -0.4 is 11.1 Å². The standard InChI is InChI=1S/C10H8BrFN4O/c11-7-2-9(13)6(1-8(7)12)10(17)16-5-3-14-15-4-5/h1-4H,13H2,(H,14,15)(H,16,17). The molecule has 0 unspecified atom stereocenters. The molecule has 0 aliphatic rings. The molecule has 0 saturated heterocycles. The molecule has 0 bridgehead atoms. The maximum atomic E-state index is 13.3. The average molecular weight is 299 g/mol. The van der Waals surface area contributed by atoms with E-state index in [1.807, 2.05) is 0 Å². The molecule has 1 amide bonds. The minimum absolute atomic E-state index is 0.0758. The number of nitrogens with zero attached hydrogens (tertiary/aromatic N) is 1. The fourth-order valence-corrected chi connectivity index (χ4v) is 1.64. The van der Waals surface area contributed by atoms with E-state index in [0.29, 0.717) is 5.69 Å². The number of H-pyrrole nitrogens is 1. The fourth-order valence-electron chi connectivity index (χ4n) is 1.28. The quantitative estimate of drug-likeness (QED) is 0.743. The predicted molar refractivity (Wildman–Crippen MR) is 65.1 cm³/mol. The van der Waals surface area contributed by atoms with Gasteiger partial charge in [-0.25, -0.2) is 4.39 Å². The molecule has 2 rings (SSSR count). The molecule has 7 heteroatoms. The highest BCUT2D eigenvalue weighted by molar-refractivity contribution is 9.10. The summed E-state index contributed by atoms with van der Waals surface area (Å²) in [5.74, 6) is -1.04. The zero-order valence-electron chi connectivity index (χ0n) is 8.50. The Hall–Kier alpha value is -1.89. The number of aromatic nitrogens is 2. The first-order valence-electron chi connectivity index (χ1n) is 4.62. The Labute approximate surface area is 104 Å². The van der Waals surface area contributed by atoms with Crippen molar-refractivity contribution in [3.63, 3.8) is 0 Å². The molecule has 17 heavy (non-hydrogen) atoms. The summed E-state index contributed by atoms with van der Waals surface area (Å²) in [6.45, 7) is 0. The molecule has 1 heterocycles. The van der Waals surface area contributed by atoms with Gasteiger partial charge >= 0.3 is 0 Å². The summed E-state index contributed by atoms with van der Waals surface area (Å²) in [5, 5.41) is 8.75. The lowest BCUT2D eigenvalue weighted by molar-refractivity contribution is 0.102. The van der Waals surface area contributed by atoms with Crippen LogP contribution in [0.3, 0.4) is 0 Å². The second-order valence-electron chi connectivity index (χ2n) is 3.29. The molecular formula is C10H8BrFN4O. The van der Waals surface area contributed by atoms with Gasteiger partial charge in [0, 0.05) is 11.9 Å². The minimum Gasteiger partial charge on any atom is -0.398 e. The molecule has 0 fully saturated rings. The number of benzene rings is 1. The number of hydrogen-bond donors (Lipinski definition) is 3. The number of nitrogens with one attached hydrogen (secondary N) is 2. The van der Waals surface area contributed by atoms with Crippen LogP contribution in [0.5, 0.6) is 0 Å². The van der Waals surface area contributed by atoms with Gasteiger partial charge in [-0.2, -0.15) is 5.10 Å². The van der Waals surface area contributed by atoms with Crippen LogP contribution in [0.4, 0.5) is 15.8 Å². The lowest BCUT2D eigenvalue weighted by Crippen LogP contribution is -2.14. The Morgan fingerprint density at radius 3 is 2.94 bits per heavy atom. The first kappa shape index (κ1) is 11.6. The summed E-state index contributed by atoms with van der Waals surface area (Å²) in [6, 6.07) is 2.43. The summed E-state index contributed by atoms with van der Waals surface area (Å²) < 4.78 is 13.5. The van der Waals surface area contributed by atoms with Gasteiger partial charge in [-0.3, -0.25) is 9.89 Å². The number of hydrogen-bond acceptors (Lipinski definition) is 3. The van der Waals surface area contributed by atoms with Crippen molar-refractivity contribution in [2.45, 2.75) is 0 Å². The predicted octanol–water partition coefficient (Wildman–Crippen LogP) is 2.15. The highest BCUT2D eigenvalue weighted by Gasteiger charge is 2.13. The van der Waals surface area contributed by atoms with Crippen molar-refractivity contribution >= 4 is 33.2 Å². The van der Waals surface area contributed by atoms with Crippen molar-refractivity contribution in [2.24, 2.45) is 0 Å². The van der Waals surface area contributed by atoms with Crippen LogP contribution in [0.25, 0.3) is 0 Å². The topological polar surface area (TPSA) is 83.8 Å². The normalized spacial score (nSPS) is 10.2. The Kier molecular flexibility index (Phi) is 3.10. The molecule has 1 aromatic heterocycles. The number of anilines is 2. The van der Waals surface area contributed by atoms with Crippen LogP contribution >= 0.6 is 15.9 Å². The second-order valence-corrected chi connectivity index (χ2v) is 4.15. The van der Waals surface area contributed by atoms with Crippen LogP contribution in [0, 0.1) is 5.82 Å². The SMILES string of the molecule is Nc1cc(Br)c(F)cc1C(=O)Nc1cn[nH]c1. The molecule has 2 aromatic rings. The van der Waals surface area contributed by atoms with Gasteiger partial charge in [-0.15, -0.1) is 0 Å². The molecular weight excluding hydrogens is 291 g/mol. The third kappa shape index (κ3) is 2.44. The van der Waals surface area contributed by atoms with Gasteiger partial charge in [0.05, 0.1) is 21.9 Å². The summed E-state index contributed by atoms with van der Waals surface area (Å²) >= 11 is 2.99. The molecule has 0 spiro atoms. The number of nitrogens with two attached hydrogens (primary N) is 1. The van der Waals surface area contributed by atoms with Gasteiger partial charge in [0.2, 0.25) is 0 Å². The maximum Gasteiger partial charge on any atom is 0.257 e. The first-order chi connectivity index (χ1) is 8.08. The van der Waals surface area contributed by atoms with Gasteiger partial charge < -0.3 is 11.1 Å². The van der Waals surface area contributed by atoms with Crippen molar-refractivity contribution in [2.75, 3.05) is 11.1 Å². The Morgan fingerprint density at radius 2 is 2.29 bits per heavy atom. The largest absolute Gasteiger partial charge is 0.398 e. The lowest BCUT2D eigenvalue weighted by Gasteiger charge is -2.06. The molecule has 0 aliphatic carbocycles. The monoisotopic (exact) mass is 298 g/mol. The van der Waals surface area contributed by atoms with Crippen LogP contribution in [-0.4, -0.2) is 16.1 Å². The van der Waals surface area contributed by atoms with Gasteiger partial charge in [0.25, 0.3) is 5.91 Å². The van der Waals surface area contributed by atoms with Crippen LogP contribution in [0.1, 0.15) is 10.4 Å². The molecule has 88 valence electrons. The van der Waals surface area contributed by atoms with E-state index >= 15 is 0 Å². The fraction of sp³-hybridized carbons (Fsp3) is 0. The molecule has 0 radical (unpaired) electrons. The summed E-state index contributed by atoms with van der Waals surface area (Å²) in [5.41, 5.74) is 6.39. The summed E-state index contributed by atoms with van der Waals surface area (Å²) in [7, 11) is 0. The molecule has 5 nitrogen and oxygen atoms in total. The van der Waals surface area contributed by atoms with E-state index in [0.717, 1.165) is 6.07 Å². The van der Waals surface area contributed by atoms with Crippen molar-refractivity contribution in [3.8, 4) is 0 Å². The van der Waals surface area contributed by atoms with E-state index in [1.54, 1.807) is 0 Å². The highest BCUT2D eigenvalue weighted by Crippen LogP contribution is 2.23. The van der Waals surface area contributed by atoms with Crippen molar-refractivity contribution in [3.05, 3.63) is 40.4 Å². The zero-order valence-corrected chi connectivity index (χ0v) is 10.1. The second kappa shape index (κ2) is 4.54. The van der Waals surface area contributed by atoms with E-state index < -0.39 is 11.7 Å². The van der Waals surface area contributed by atoms with E-state index in [4.69, 9.17) is 5.73 Å². The zero-order chi connectivity index (χ0) is 12.4. The van der Waals surface area contributed by atoms with Gasteiger partial charge in [0.1, 0.15) is 5.82 Å². The Morgan fingerprint density at radius 1 is 1.53 bits per heavy atom. The average Bonchev–Trinajstić information content (AvgIpc) is 2.76. The van der Waals surface area contributed by atoms with Crippen LogP contribution in [0.15, 0.2) is 29.0 Å². The third-order valence-electron chi connectivity index (χ3n) is 2.09. The Balaban J connectivity index is 2.28. The Bertz CT molecular complexity index is 556. The number of rotatable bonds is 2. The van der Waals surface area contributed by atoms with E-state index in [9.17, 15) is 9.18 Å². The van der Waals surface area contributed by atoms with Crippen LogP contribution in [-0.2, 0) is 0 Å². The molecule has 4 N–H and O–H groups in total. The minimum atomic E-state index is -0.545. The van der Waals surface area contributed by atoms with Crippen LogP contribution in [0.2, 0.25) is 0 Å². The van der Waals surface area contributed by atoms with Gasteiger partial charge in [-0.05, 0) is 28.1 Å². The molecule has 0 atom stereocenters. The van der Waals surface area contributed by atoms with Gasteiger partial charge in [-0.1, -0.05) is 0 Å². The number of carbonyl (C=O) groups excluding carboxylic acids is 1. The number of nitrogen functional groups attached to an aromatic ring is 1. The van der Waals surface area contributed by atoms with Crippen molar-refractivity contribution in [1.82, 2.24) is 10.2 Å². The van der Waals surface area contributed by atoms with E-state index in [-0.39, 0.29) is 15.7 Å². The van der Waals surface area contributed by atoms with Gasteiger partial charge in [0.15, 0.2) is 0 Å². The highest BCUT2D eigenvalue weighted by atomic mass is 79.9. The number of aromatic amines is 1. The molecule has 0 saturated carbocycles. The van der Waals surface area contributed by atoms with E-state index in [2.05, 4.69) is 31.4 Å².